The zero-order chi connectivity index (χ0) is 40.6. The number of esters is 2. The number of carbonyl (C=O) groups is 2. The fourth-order valence-electron chi connectivity index (χ4n) is 5.82. The lowest BCUT2D eigenvalue weighted by Gasteiger charge is -2.28. The number of phosphoric acid groups is 1. The highest BCUT2D eigenvalue weighted by atomic mass is 31.2. The van der Waals surface area contributed by atoms with Crippen molar-refractivity contribution in [3.63, 3.8) is 0 Å². The van der Waals surface area contributed by atoms with Crippen LogP contribution in [0.1, 0.15) is 154 Å². The van der Waals surface area contributed by atoms with E-state index in [1.165, 1.54) is 63.1 Å². The smallest absolute Gasteiger partial charge is 0.385 e. The van der Waals surface area contributed by atoms with Crippen molar-refractivity contribution >= 4 is 25.4 Å². The van der Waals surface area contributed by atoms with Crippen LogP contribution < -0.4 is 10.00 Å². The predicted molar refractivity (Wildman–Crippen MR) is 211 cm³/mol. The Morgan fingerprint density at radius 3 is 1.82 bits per heavy atom. The van der Waals surface area contributed by atoms with Crippen LogP contribution in [-0.4, -0.2) is 76.6 Å². The molecule has 0 aliphatic carbocycles. The largest absolute Gasteiger partial charge is 0.872 e. The van der Waals surface area contributed by atoms with Gasteiger partial charge in [-0.15, -0.1) is 5.75 Å². The molecule has 0 spiro atoms. The molecular formula is C41H72N3O10P. The van der Waals surface area contributed by atoms with Gasteiger partial charge in [-0.1, -0.05) is 122 Å². The van der Waals surface area contributed by atoms with Crippen molar-refractivity contribution in [2.45, 2.75) is 161 Å². The summed E-state index contributed by atoms with van der Waals surface area (Å²) in [4.78, 5) is 40.5. The third-order valence-corrected chi connectivity index (χ3v) is 10.2. The highest BCUT2D eigenvalue weighted by molar-refractivity contribution is 7.45. The second-order valence-corrected chi connectivity index (χ2v) is 17.0. The quantitative estimate of drug-likeness (QED) is 0.0209. The number of hydrogen-bond donors (Lipinski definition) is 0. The molecule has 1 aromatic carbocycles. The Labute approximate surface area is 331 Å². The number of nitrogens with zero attached hydrogens (tertiary/aromatic N) is 3. The monoisotopic (exact) mass is 797 g/mol. The van der Waals surface area contributed by atoms with Crippen LogP contribution in [0.3, 0.4) is 0 Å². The fraction of sp³-hybridized carbons (Fsp3) is 0.805. The molecule has 1 rings (SSSR count). The van der Waals surface area contributed by atoms with Gasteiger partial charge in [0.25, 0.3) is 7.82 Å². The molecule has 2 atom stereocenters. The number of benzene rings is 1. The van der Waals surface area contributed by atoms with Gasteiger partial charge in [0, 0.05) is 31.6 Å². The average molecular weight is 798 g/mol. The van der Waals surface area contributed by atoms with Crippen molar-refractivity contribution in [1.29, 1.82) is 5.39 Å². The highest BCUT2D eigenvalue weighted by Gasteiger charge is 2.21. The van der Waals surface area contributed by atoms with Crippen LogP contribution in [0.2, 0.25) is 0 Å². The van der Waals surface area contributed by atoms with E-state index in [9.17, 15) is 24.2 Å². The third kappa shape index (κ3) is 30.3. The molecule has 0 fully saturated rings. The summed E-state index contributed by atoms with van der Waals surface area (Å²) in [6.07, 6.45) is 21.0. The van der Waals surface area contributed by atoms with E-state index < -0.39 is 32.5 Å². The Balaban J connectivity index is 2.28. The second kappa shape index (κ2) is 31.5. The molecule has 0 amide bonds. The number of diazo groups is 1. The molecule has 13 nitrogen and oxygen atoms in total. The number of unbranched alkanes of at least 4 members (excludes halogenated alkanes) is 18. The minimum absolute atomic E-state index is 0.0523. The summed E-state index contributed by atoms with van der Waals surface area (Å²) < 4.78 is 39.4. The number of likely N-dealkylation sites (N-methyl/N-ethyl adjacent to an activating group) is 1. The molecule has 0 heterocycles. The maximum atomic E-state index is 12.7. The standard InChI is InChI=1S/C41H72N3O10P/c1-5-6-7-8-9-10-11-13-16-19-22-25-40(46)51-34-38(35-53-55(48,49)52-31-29-44(2,3)4)54-41(47)26-23-20-17-14-12-15-18-21-24-30-50-33-36-32-37(43-42)27-28-39(36)45/h27-28,32,38H,5-26,29-31,33-35H2,1-4H3/t38-/m1/s1. The van der Waals surface area contributed by atoms with E-state index in [4.69, 9.17) is 28.7 Å². The van der Waals surface area contributed by atoms with Crippen LogP contribution in [0.25, 0.3) is 4.98 Å². The van der Waals surface area contributed by atoms with Crippen LogP contribution in [0.4, 0.5) is 5.69 Å². The zero-order valence-electron chi connectivity index (χ0n) is 34.5. The third-order valence-electron chi connectivity index (χ3n) is 9.23. The van der Waals surface area contributed by atoms with Gasteiger partial charge >= 0.3 is 17.6 Å². The van der Waals surface area contributed by atoms with Crippen molar-refractivity contribution in [2.75, 3.05) is 54.1 Å². The van der Waals surface area contributed by atoms with Crippen molar-refractivity contribution < 1.29 is 51.9 Å². The van der Waals surface area contributed by atoms with Crippen LogP contribution >= 0.6 is 7.82 Å². The Kier molecular flexibility index (Phi) is 28.9. The molecule has 0 N–H and O–H groups in total. The summed E-state index contributed by atoms with van der Waals surface area (Å²) in [7, 11) is 1.09. The average Bonchev–Trinajstić information content (AvgIpc) is 3.13. The van der Waals surface area contributed by atoms with Crippen molar-refractivity contribution in [3.05, 3.63) is 28.7 Å². The number of rotatable bonds is 36. The number of quaternary nitrogens is 1. The molecule has 0 radical (unpaired) electrons. The first-order valence-electron chi connectivity index (χ1n) is 20.8. The molecule has 0 aliphatic rings. The first-order valence-corrected chi connectivity index (χ1v) is 22.3. The summed E-state index contributed by atoms with van der Waals surface area (Å²) in [5.74, 6) is -1.04. The maximum absolute atomic E-state index is 12.7. The SMILES string of the molecule is CCCCCCCCCCCCCC(=O)OC[C@H](COP(=O)([O-])OCC[N+](C)(C)C)OC(=O)CCCCCCCCCCCOCc1cc([N+]#N)ccc1[O-]. The van der Waals surface area contributed by atoms with E-state index in [0.29, 0.717) is 41.7 Å². The minimum atomic E-state index is -4.65. The molecule has 14 heteroatoms. The molecule has 316 valence electrons. The highest BCUT2D eigenvalue weighted by Crippen LogP contribution is 2.38. The number of phosphoric ester groups is 1. The first-order chi connectivity index (χ1) is 26.3. The second-order valence-electron chi connectivity index (χ2n) is 15.5. The van der Waals surface area contributed by atoms with Gasteiger partial charge in [-0.05, 0) is 24.8 Å². The van der Waals surface area contributed by atoms with Gasteiger partial charge in [-0.3, -0.25) is 14.2 Å². The maximum Gasteiger partial charge on any atom is 0.385 e. The predicted octanol–water partition coefficient (Wildman–Crippen LogP) is 9.03. The van der Waals surface area contributed by atoms with Gasteiger partial charge in [0.15, 0.2) is 11.1 Å². The van der Waals surface area contributed by atoms with Gasteiger partial charge in [0.05, 0.1) is 34.4 Å². The van der Waals surface area contributed by atoms with Crippen LogP contribution in [0.5, 0.6) is 5.75 Å². The topological polar surface area (TPSA) is 172 Å². The normalized spacial score (nSPS) is 13.2. The lowest BCUT2D eigenvalue weighted by Crippen LogP contribution is -2.37. The molecule has 0 saturated heterocycles. The molecule has 0 bridgehead atoms. The number of hydrogen-bond acceptors (Lipinski definition) is 11. The van der Waals surface area contributed by atoms with E-state index in [1.54, 1.807) is 0 Å². The Morgan fingerprint density at radius 1 is 0.745 bits per heavy atom. The molecule has 0 saturated carbocycles. The first kappa shape index (κ1) is 50.4. The van der Waals surface area contributed by atoms with E-state index in [2.05, 4.69) is 11.9 Å². The minimum Gasteiger partial charge on any atom is -0.872 e. The lowest BCUT2D eigenvalue weighted by molar-refractivity contribution is -0.870. The van der Waals surface area contributed by atoms with Crippen LogP contribution in [-0.2, 0) is 44.0 Å². The van der Waals surface area contributed by atoms with Crippen LogP contribution in [0.15, 0.2) is 18.2 Å². The summed E-state index contributed by atoms with van der Waals surface area (Å²) in [6, 6.07) is 4.36. The number of carbonyl (C=O) groups excluding carboxylic acids is 2. The lowest BCUT2D eigenvalue weighted by atomic mass is 10.1. The number of ether oxygens (including phenoxy) is 3. The van der Waals surface area contributed by atoms with E-state index in [-0.39, 0.29) is 38.4 Å². The Hall–Kier alpha value is -2.59. The van der Waals surface area contributed by atoms with E-state index in [1.807, 2.05) is 21.1 Å². The Bertz CT molecular complexity index is 1250. The van der Waals surface area contributed by atoms with Gasteiger partial charge in [0.1, 0.15) is 19.8 Å². The van der Waals surface area contributed by atoms with Gasteiger partial charge in [-0.25, -0.2) is 0 Å². The van der Waals surface area contributed by atoms with E-state index in [0.717, 1.165) is 70.6 Å². The summed E-state index contributed by atoms with van der Waals surface area (Å²) in [5, 5.41) is 20.7. The van der Waals surface area contributed by atoms with Crippen molar-refractivity contribution in [1.82, 2.24) is 0 Å². The summed E-state index contributed by atoms with van der Waals surface area (Å²) >= 11 is 0. The molecule has 1 aromatic rings. The fourth-order valence-corrected chi connectivity index (χ4v) is 6.55. The van der Waals surface area contributed by atoms with Crippen LogP contribution in [0, 0.1) is 5.39 Å². The van der Waals surface area contributed by atoms with Gasteiger partial charge < -0.3 is 37.7 Å². The molecule has 0 aromatic heterocycles. The van der Waals surface area contributed by atoms with Crippen molar-refractivity contribution in [2.24, 2.45) is 0 Å². The molecule has 55 heavy (non-hydrogen) atoms. The zero-order valence-corrected chi connectivity index (χ0v) is 35.4. The molecular weight excluding hydrogens is 725 g/mol. The summed E-state index contributed by atoms with van der Waals surface area (Å²) in [6.45, 7) is 2.60. The van der Waals surface area contributed by atoms with E-state index >= 15 is 0 Å². The van der Waals surface area contributed by atoms with Gasteiger partial charge in [0.2, 0.25) is 5.39 Å². The molecule has 0 aliphatic heterocycles. The molecule has 1 unspecified atom stereocenters. The Morgan fingerprint density at radius 2 is 1.27 bits per heavy atom. The summed E-state index contributed by atoms with van der Waals surface area (Å²) in [5.41, 5.74) is 0.811. The van der Waals surface area contributed by atoms with Gasteiger partial charge in [-0.2, -0.15) is 0 Å². The van der Waals surface area contributed by atoms with Crippen molar-refractivity contribution in [3.8, 4) is 5.75 Å².